The van der Waals surface area contributed by atoms with Gasteiger partial charge in [-0.2, -0.15) is 13.2 Å². The predicted molar refractivity (Wildman–Crippen MR) is 71.2 cm³/mol. The van der Waals surface area contributed by atoms with Crippen molar-refractivity contribution in [2.75, 3.05) is 0 Å². The van der Waals surface area contributed by atoms with Crippen LogP contribution in [0.1, 0.15) is 21.5 Å². The maximum atomic E-state index is 13.4. The Bertz CT molecular complexity index is 714. The highest BCUT2D eigenvalue weighted by molar-refractivity contribution is 6.06. The van der Waals surface area contributed by atoms with Crippen LogP contribution in [-0.2, 0) is 6.18 Å². The van der Waals surface area contributed by atoms with Crippen molar-refractivity contribution in [2.45, 2.75) is 6.18 Å². The summed E-state index contributed by atoms with van der Waals surface area (Å²) in [5.41, 5.74) is -0.981. The summed E-state index contributed by atoms with van der Waals surface area (Å²) in [6, 6.07) is 7.10. The Balaban J connectivity index is 2.19. The Morgan fingerprint density at radius 3 is 2.18 bits per heavy atom. The van der Waals surface area contributed by atoms with Gasteiger partial charge in [0.25, 0.3) is 0 Å². The van der Waals surface area contributed by atoms with E-state index in [1.807, 2.05) is 0 Å². The summed E-state index contributed by atoms with van der Waals surface area (Å²) in [4.78, 5) is 11.8. The molecule has 0 saturated carbocycles. The van der Waals surface area contributed by atoms with E-state index in [0.29, 0.717) is 0 Å². The van der Waals surface area contributed by atoms with Crippen LogP contribution >= 0.6 is 0 Å². The molecule has 0 bridgehead atoms. The molecule has 2 aromatic rings. The van der Waals surface area contributed by atoms with E-state index in [4.69, 9.17) is 0 Å². The second kappa shape index (κ2) is 6.09. The third-order valence-corrected chi connectivity index (χ3v) is 2.89. The summed E-state index contributed by atoms with van der Waals surface area (Å²) < 4.78 is 63.5. The van der Waals surface area contributed by atoms with Gasteiger partial charge in [0.1, 0.15) is 0 Å². The zero-order valence-electron chi connectivity index (χ0n) is 11.0. The highest BCUT2D eigenvalue weighted by atomic mass is 19.4. The second-order valence-electron chi connectivity index (χ2n) is 4.42. The minimum absolute atomic E-state index is 0.0149. The van der Waals surface area contributed by atoms with E-state index in [9.17, 15) is 26.7 Å². The number of hydrogen-bond acceptors (Lipinski definition) is 1. The summed E-state index contributed by atoms with van der Waals surface area (Å²) in [7, 11) is 0. The maximum Gasteiger partial charge on any atom is 0.416 e. The third kappa shape index (κ3) is 3.58. The zero-order chi connectivity index (χ0) is 16.3. The molecule has 0 amide bonds. The number of hydrogen-bond donors (Lipinski definition) is 0. The van der Waals surface area contributed by atoms with E-state index in [1.165, 1.54) is 12.1 Å². The van der Waals surface area contributed by atoms with Crippen LogP contribution in [-0.4, -0.2) is 5.78 Å². The first-order valence-corrected chi connectivity index (χ1v) is 6.13. The number of allylic oxidation sites excluding steroid dienone is 1. The fourth-order valence-electron chi connectivity index (χ4n) is 1.73. The van der Waals surface area contributed by atoms with Crippen LogP contribution in [0.25, 0.3) is 6.08 Å². The van der Waals surface area contributed by atoms with Crippen molar-refractivity contribution in [3.8, 4) is 0 Å². The lowest BCUT2D eigenvalue weighted by molar-refractivity contribution is -0.137. The molecule has 2 rings (SSSR count). The van der Waals surface area contributed by atoms with Crippen molar-refractivity contribution < 1.29 is 26.7 Å². The molecule has 0 aliphatic rings. The lowest BCUT2D eigenvalue weighted by Crippen LogP contribution is -2.05. The van der Waals surface area contributed by atoms with Crippen molar-refractivity contribution in [3.63, 3.8) is 0 Å². The average Bonchev–Trinajstić information content (AvgIpc) is 2.48. The number of ketones is 1. The Hall–Kier alpha value is -2.50. The molecule has 0 unspecified atom stereocenters. The van der Waals surface area contributed by atoms with Crippen molar-refractivity contribution in [1.29, 1.82) is 0 Å². The molecule has 0 saturated heterocycles. The van der Waals surface area contributed by atoms with Crippen LogP contribution < -0.4 is 0 Å². The number of rotatable bonds is 3. The van der Waals surface area contributed by atoms with Crippen LogP contribution in [0.2, 0.25) is 0 Å². The molecule has 22 heavy (non-hydrogen) atoms. The van der Waals surface area contributed by atoms with Crippen LogP contribution in [0.5, 0.6) is 0 Å². The van der Waals surface area contributed by atoms with Gasteiger partial charge in [-0.3, -0.25) is 4.79 Å². The molecule has 0 radical (unpaired) electrons. The minimum Gasteiger partial charge on any atom is -0.289 e. The first-order chi connectivity index (χ1) is 10.3. The maximum absolute atomic E-state index is 13.4. The summed E-state index contributed by atoms with van der Waals surface area (Å²) in [6.45, 7) is 0. The van der Waals surface area contributed by atoms with E-state index in [-0.39, 0.29) is 11.1 Å². The lowest BCUT2D eigenvalue weighted by atomic mass is 10.1. The molecule has 0 fully saturated rings. The summed E-state index contributed by atoms with van der Waals surface area (Å²) in [5.74, 6) is -2.76. The first-order valence-electron chi connectivity index (χ1n) is 6.13. The topological polar surface area (TPSA) is 17.1 Å². The Morgan fingerprint density at radius 2 is 1.59 bits per heavy atom. The largest absolute Gasteiger partial charge is 0.416 e. The molecule has 0 aliphatic heterocycles. The molecule has 0 heterocycles. The molecule has 114 valence electrons. The van der Waals surface area contributed by atoms with Gasteiger partial charge in [0.05, 0.1) is 5.56 Å². The minimum atomic E-state index is -4.48. The average molecular weight is 312 g/mol. The zero-order valence-corrected chi connectivity index (χ0v) is 11.0. The Morgan fingerprint density at radius 1 is 0.955 bits per heavy atom. The summed E-state index contributed by atoms with van der Waals surface area (Å²) in [6.07, 6.45) is -2.44. The third-order valence-electron chi connectivity index (χ3n) is 2.89. The van der Waals surface area contributed by atoms with Crippen LogP contribution in [0.15, 0.2) is 48.5 Å². The Labute approximate surface area is 122 Å². The standard InChI is InChI=1S/C16H9F5O/c17-13-3-1-2-11(15(13)18)6-9-14(22)10-4-7-12(8-5-10)16(19,20)21/h1-9H/b9-6+. The van der Waals surface area contributed by atoms with Crippen molar-refractivity contribution in [2.24, 2.45) is 0 Å². The molecular weight excluding hydrogens is 303 g/mol. The van der Waals surface area contributed by atoms with Gasteiger partial charge < -0.3 is 0 Å². The molecule has 6 heteroatoms. The van der Waals surface area contributed by atoms with Gasteiger partial charge in [0, 0.05) is 11.1 Å². The monoisotopic (exact) mass is 312 g/mol. The highest BCUT2D eigenvalue weighted by Gasteiger charge is 2.30. The second-order valence-corrected chi connectivity index (χ2v) is 4.42. The van der Waals surface area contributed by atoms with Gasteiger partial charge in [-0.1, -0.05) is 24.3 Å². The summed E-state index contributed by atoms with van der Waals surface area (Å²) >= 11 is 0. The quantitative estimate of drug-likeness (QED) is 0.448. The van der Waals surface area contributed by atoms with E-state index >= 15 is 0 Å². The predicted octanol–water partition coefficient (Wildman–Crippen LogP) is 4.88. The number of benzene rings is 2. The number of carbonyl (C=O) groups is 1. The van der Waals surface area contributed by atoms with Crippen LogP contribution in [0, 0.1) is 11.6 Å². The van der Waals surface area contributed by atoms with E-state index in [2.05, 4.69) is 0 Å². The van der Waals surface area contributed by atoms with Gasteiger partial charge in [-0.05, 0) is 30.4 Å². The fourth-order valence-corrected chi connectivity index (χ4v) is 1.73. The molecule has 0 atom stereocenters. The van der Waals surface area contributed by atoms with Gasteiger partial charge in [0.15, 0.2) is 17.4 Å². The smallest absolute Gasteiger partial charge is 0.289 e. The van der Waals surface area contributed by atoms with E-state index in [0.717, 1.165) is 42.5 Å². The molecule has 2 aromatic carbocycles. The van der Waals surface area contributed by atoms with Crippen molar-refractivity contribution in [3.05, 3.63) is 76.9 Å². The summed E-state index contributed by atoms with van der Waals surface area (Å²) in [5, 5.41) is 0. The number of halogens is 5. The van der Waals surface area contributed by atoms with Crippen LogP contribution in [0.3, 0.4) is 0 Å². The molecule has 0 N–H and O–H groups in total. The highest BCUT2D eigenvalue weighted by Crippen LogP contribution is 2.29. The van der Waals surface area contributed by atoms with Crippen molar-refractivity contribution >= 4 is 11.9 Å². The Kier molecular flexibility index (Phi) is 4.40. The van der Waals surface area contributed by atoms with Crippen LogP contribution in [0.4, 0.5) is 22.0 Å². The molecule has 1 nitrogen and oxygen atoms in total. The van der Waals surface area contributed by atoms with Gasteiger partial charge in [-0.25, -0.2) is 8.78 Å². The fraction of sp³-hybridized carbons (Fsp3) is 0.0625. The lowest BCUT2D eigenvalue weighted by Gasteiger charge is -2.06. The van der Waals surface area contributed by atoms with E-state index in [1.54, 1.807) is 0 Å². The first kappa shape index (κ1) is 15.9. The van der Waals surface area contributed by atoms with E-state index < -0.39 is 29.2 Å². The molecule has 0 aromatic heterocycles. The molecule has 0 aliphatic carbocycles. The SMILES string of the molecule is O=C(/C=C/c1cccc(F)c1F)c1ccc(C(F)(F)F)cc1. The molecule has 0 spiro atoms. The van der Waals surface area contributed by atoms with Gasteiger partial charge >= 0.3 is 6.18 Å². The normalized spacial score (nSPS) is 11.9. The van der Waals surface area contributed by atoms with Gasteiger partial charge in [-0.15, -0.1) is 0 Å². The number of carbonyl (C=O) groups excluding carboxylic acids is 1. The van der Waals surface area contributed by atoms with Gasteiger partial charge in [0.2, 0.25) is 0 Å². The number of alkyl halides is 3. The molecular formula is C16H9F5O. The van der Waals surface area contributed by atoms with Crippen molar-refractivity contribution in [1.82, 2.24) is 0 Å².